The van der Waals surface area contributed by atoms with Gasteiger partial charge in [0.25, 0.3) is 0 Å². The fourth-order valence-corrected chi connectivity index (χ4v) is 1.44. The summed E-state index contributed by atoms with van der Waals surface area (Å²) in [5, 5.41) is 3.36. The molecule has 0 aliphatic rings. The van der Waals surface area contributed by atoms with Crippen LogP contribution in [0.3, 0.4) is 0 Å². The van der Waals surface area contributed by atoms with E-state index in [0.29, 0.717) is 22.2 Å². The highest BCUT2D eigenvalue weighted by Gasteiger charge is 2.09. The van der Waals surface area contributed by atoms with Gasteiger partial charge in [-0.25, -0.2) is 0 Å². The van der Waals surface area contributed by atoms with E-state index in [1.165, 1.54) is 14.2 Å². The van der Waals surface area contributed by atoms with E-state index < -0.39 is 0 Å². The smallest absolute Gasteiger partial charge is 0.168 e. The molecular formula is C9H11ClN2O2S. The van der Waals surface area contributed by atoms with E-state index in [0.717, 1.165) is 0 Å². The lowest BCUT2D eigenvalue weighted by molar-refractivity contribution is 0.396. The van der Waals surface area contributed by atoms with Crippen molar-refractivity contribution in [2.45, 2.75) is 0 Å². The first-order chi connectivity index (χ1) is 7.08. The van der Waals surface area contributed by atoms with Gasteiger partial charge in [0.1, 0.15) is 11.5 Å². The third-order valence-corrected chi connectivity index (χ3v) is 2.13. The molecule has 0 bridgehead atoms. The van der Waals surface area contributed by atoms with E-state index in [4.69, 9.17) is 39.0 Å². The van der Waals surface area contributed by atoms with Gasteiger partial charge in [-0.15, -0.1) is 0 Å². The first-order valence-corrected chi connectivity index (χ1v) is 4.85. The van der Waals surface area contributed by atoms with Crippen LogP contribution in [0.2, 0.25) is 5.02 Å². The highest BCUT2D eigenvalue weighted by molar-refractivity contribution is 7.80. The number of halogens is 1. The number of methoxy groups -OCH3 is 2. The Morgan fingerprint density at radius 2 is 1.93 bits per heavy atom. The maximum Gasteiger partial charge on any atom is 0.168 e. The lowest BCUT2D eigenvalue weighted by atomic mass is 10.2. The van der Waals surface area contributed by atoms with E-state index in [9.17, 15) is 0 Å². The minimum absolute atomic E-state index is 0.148. The predicted octanol–water partition coefficient (Wildman–Crippen LogP) is 2.01. The molecule has 0 aromatic heterocycles. The van der Waals surface area contributed by atoms with Crippen molar-refractivity contribution >= 4 is 34.6 Å². The van der Waals surface area contributed by atoms with Gasteiger partial charge < -0.3 is 20.5 Å². The Kier molecular flexibility index (Phi) is 3.99. The number of thiocarbonyl (C=S) groups is 1. The Hall–Kier alpha value is -1.20. The zero-order valence-corrected chi connectivity index (χ0v) is 9.91. The Labute approximate surface area is 98.3 Å². The number of anilines is 1. The molecule has 0 saturated carbocycles. The van der Waals surface area contributed by atoms with E-state index in [-0.39, 0.29) is 5.11 Å². The second-order valence-corrected chi connectivity index (χ2v) is 3.52. The summed E-state index contributed by atoms with van der Waals surface area (Å²) in [6, 6.07) is 3.29. The summed E-state index contributed by atoms with van der Waals surface area (Å²) in [5.41, 5.74) is 5.97. The van der Waals surface area contributed by atoms with Crippen molar-refractivity contribution in [1.29, 1.82) is 0 Å². The SMILES string of the molecule is COc1cc(OC)c(NC(N)=S)cc1Cl. The second kappa shape index (κ2) is 5.04. The minimum Gasteiger partial charge on any atom is -0.495 e. The normalized spacial score (nSPS) is 9.53. The molecule has 0 atom stereocenters. The molecule has 82 valence electrons. The van der Waals surface area contributed by atoms with Crippen molar-refractivity contribution in [2.75, 3.05) is 19.5 Å². The molecule has 0 saturated heterocycles. The number of nitrogens with two attached hydrogens (primary N) is 1. The average molecular weight is 247 g/mol. The largest absolute Gasteiger partial charge is 0.495 e. The molecule has 3 N–H and O–H groups in total. The Morgan fingerprint density at radius 1 is 1.33 bits per heavy atom. The van der Waals surface area contributed by atoms with Gasteiger partial charge in [0.2, 0.25) is 0 Å². The van der Waals surface area contributed by atoms with Gasteiger partial charge in [0.15, 0.2) is 5.11 Å². The van der Waals surface area contributed by atoms with Crippen LogP contribution in [0.15, 0.2) is 12.1 Å². The molecule has 4 nitrogen and oxygen atoms in total. The van der Waals surface area contributed by atoms with Gasteiger partial charge in [0.05, 0.1) is 24.9 Å². The number of hydrogen-bond donors (Lipinski definition) is 2. The fourth-order valence-electron chi connectivity index (χ4n) is 1.09. The van der Waals surface area contributed by atoms with Crippen LogP contribution in [-0.4, -0.2) is 19.3 Å². The van der Waals surface area contributed by atoms with Crippen molar-refractivity contribution in [3.63, 3.8) is 0 Å². The van der Waals surface area contributed by atoms with Gasteiger partial charge in [-0.05, 0) is 18.3 Å². The Morgan fingerprint density at radius 3 is 2.40 bits per heavy atom. The van der Waals surface area contributed by atoms with Crippen LogP contribution in [0.5, 0.6) is 11.5 Å². The van der Waals surface area contributed by atoms with Gasteiger partial charge in [-0.2, -0.15) is 0 Å². The summed E-state index contributed by atoms with van der Waals surface area (Å²) in [5.74, 6) is 1.09. The van der Waals surface area contributed by atoms with Crippen LogP contribution in [0, 0.1) is 0 Å². The van der Waals surface area contributed by atoms with Gasteiger partial charge in [-0.3, -0.25) is 0 Å². The average Bonchev–Trinajstić information content (AvgIpc) is 2.17. The van der Waals surface area contributed by atoms with E-state index in [1.807, 2.05) is 0 Å². The monoisotopic (exact) mass is 246 g/mol. The van der Waals surface area contributed by atoms with Crippen LogP contribution in [-0.2, 0) is 0 Å². The van der Waals surface area contributed by atoms with Crippen molar-refractivity contribution in [2.24, 2.45) is 5.73 Å². The molecule has 0 aliphatic heterocycles. The molecule has 6 heteroatoms. The summed E-state index contributed by atoms with van der Waals surface area (Å²) in [4.78, 5) is 0. The molecule has 0 unspecified atom stereocenters. The first kappa shape index (κ1) is 11.9. The molecule has 0 spiro atoms. The molecule has 0 aliphatic carbocycles. The van der Waals surface area contributed by atoms with Crippen molar-refractivity contribution in [3.05, 3.63) is 17.2 Å². The summed E-state index contributed by atoms with van der Waals surface area (Å²) in [6.07, 6.45) is 0. The molecule has 0 amide bonds. The van der Waals surface area contributed by atoms with Gasteiger partial charge in [-0.1, -0.05) is 11.6 Å². The van der Waals surface area contributed by atoms with Gasteiger partial charge >= 0.3 is 0 Å². The first-order valence-electron chi connectivity index (χ1n) is 4.06. The second-order valence-electron chi connectivity index (χ2n) is 2.68. The Bertz CT molecular complexity index is 385. The number of ether oxygens (including phenoxy) is 2. The lowest BCUT2D eigenvalue weighted by Gasteiger charge is -2.12. The zero-order valence-electron chi connectivity index (χ0n) is 8.33. The fraction of sp³-hybridized carbons (Fsp3) is 0.222. The molecule has 0 heterocycles. The van der Waals surface area contributed by atoms with Crippen LogP contribution >= 0.6 is 23.8 Å². The standard InChI is InChI=1S/C9H11ClN2O2S/c1-13-7-4-8(14-2)6(3-5(7)10)12-9(11)15/h3-4H,1-2H3,(H3,11,12,15). The van der Waals surface area contributed by atoms with E-state index in [2.05, 4.69) is 5.32 Å². The quantitative estimate of drug-likeness (QED) is 0.799. The topological polar surface area (TPSA) is 56.5 Å². The van der Waals surface area contributed by atoms with Gasteiger partial charge in [0, 0.05) is 6.07 Å². The zero-order chi connectivity index (χ0) is 11.4. The third kappa shape index (κ3) is 2.87. The molecule has 1 rings (SSSR count). The number of benzene rings is 1. The summed E-state index contributed by atoms with van der Waals surface area (Å²) < 4.78 is 10.2. The summed E-state index contributed by atoms with van der Waals surface area (Å²) in [7, 11) is 3.06. The van der Waals surface area contributed by atoms with Crippen molar-refractivity contribution in [1.82, 2.24) is 0 Å². The summed E-state index contributed by atoms with van der Waals surface area (Å²) in [6.45, 7) is 0. The molecular weight excluding hydrogens is 236 g/mol. The molecule has 0 radical (unpaired) electrons. The highest BCUT2D eigenvalue weighted by Crippen LogP contribution is 2.35. The molecule has 1 aromatic rings. The molecule has 0 fully saturated rings. The van der Waals surface area contributed by atoms with Crippen molar-refractivity contribution in [3.8, 4) is 11.5 Å². The number of rotatable bonds is 3. The maximum atomic E-state index is 5.94. The van der Waals surface area contributed by atoms with E-state index in [1.54, 1.807) is 12.1 Å². The highest BCUT2D eigenvalue weighted by atomic mass is 35.5. The lowest BCUT2D eigenvalue weighted by Crippen LogP contribution is -2.19. The van der Waals surface area contributed by atoms with Crippen molar-refractivity contribution < 1.29 is 9.47 Å². The van der Waals surface area contributed by atoms with Crippen LogP contribution in [0.4, 0.5) is 5.69 Å². The minimum atomic E-state index is 0.148. The van der Waals surface area contributed by atoms with E-state index >= 15 is 0 Å². The van der Waals surface area contributed by atoms with Crippen LogP contribution in [0.1, 0.15) is 0 Å². The number of hydrogen-bond acceptors (Lipinski definition) is 3. The Balaban J connectivity index is 3.15. The number of nitrogens with one attached hydrogen (secondary N) is 1. The van der Waals surface area contributed by atoms with Crippen LogP contribution in [0.25, 0.3) is 0 Å². The molecule has 15 heavy (non-hydrogen) atoms. The maximum absolute atomic E-state index is 5.94. The third-order valence-electron chi connectivity index (χ3n) is 1.73. The summed E-state index contributed by atoms with van der Waals surface area (Å²) >= 11 is 10.7. The molecule has 1 aromatic carbocycles. The predicted molar refractivity (Wildman–Crippen MR) is 65.0 cm³/mol. The van der Waals surface area contributed by atoms with Crippen LogP contribution < -0.4 is 20.5 Å².